The van der Waals surface area contributed by atoms with Crippen LogP contribution in [0.2, 0.25) is 0 Å². The van der Waals surface area contributed by atoms with Crippen molar-refractivity contribution in [3.8, 4) is 0 Å². The summed E-state index contributed by atoms with van der Waals surface area (Å²) in [6.07, 6.45) is 20.6. The molecule has 4 unspecified atom stereocenters. The second-order valence-electron chi connectivity index (χ2n) is 11.8. The second kappa shape index (κ2) is 12.4. The second-order valence-corrected chi connectivity index (χ2v) is 13.9. The van der Waals surface area contributed by atoms with E-state index in [-0.39, 0.29) is 9.49 Å². The first kappa shape index (κ1) is 26.4. The third-order valence-corrected chi connectivity index (χ3v) is 11.2. The molecule has 0 aromatic heterocycles. The van der Waals surface area contributed by atoms with Crippen LogP contribution in [0.15, 0.2) is 0 Å². The normalized spacial score (nSPS) is 33.9. The van der Waals surface area contributed by atoms with Crippen LogP contribution in [0.3, 0.4) is 0 Å². The number of rotatable bonds is 12. The van der Waals surface area contributed by atoms with E-state index in [0.717, 1.165) is 0 Å². The minimum Gasteiger partial charge on any atom is -0.258 e. The zero-order valence-corrected chi connectivity index (χ0v) is 22.3. The lowest BCUT2D eigenvalue weighted by Crippen LogP contribution is -2.57. The predicted molar refractivity (Wildman–Crippen MR) is 135 cm³/mol. The molecule has 0 aliphatic heterocycles. The molecular weight excluding hydrogens is 384 g/mol. The van der Waals surface area contributed by atoms with Crippen LogP contribution in [0.5, 0.6) is 0 Å². The monoisotopic (exact) mass is 438 g/mol. The molecule has 4 atom stereocenters. The Hall–Kier alpha value is 0.150. The Morgan fingerprint density at radius 3 is 1.47 bits per heavy atom. The average Bonchev–Trinajstić information content (AvgIpc) is 2.71. The molecule has 2 heteroatoms. The van der Waals surface area contributed by atoms with Crippen LogP contribution in [0, 0.1) is 23.7 Å². The van der Waals surface area contributed by atoms with Gasteiger partial charge in [0.25, 0.3) is 0 Å². The summed E-state index contributed by atoms with van der Waals surface area (Å²) < 4.78 is 15.3. The van der Waals surface area contributed by atoms with E-state index < -0.39 is 10.8 Å². The molecular formula is C28H54OS. The van der Waals surface area contributed by atoms with Crippen molar-refractivity contribution in [1.82, 2.24) is 0 Å². The Kier molecular flexibility index (Phi) is 10.9. The van der Waals surface area contributed by atoms with Crippen molar-refractivity contribution < 1.29 is 4.21 Å². The van der Waals surface area contributed by atoms with Crippen molar-refractivity contribution in [2.24, 2.45) is 23.7 Å². The number of hydrogen-bond acceptors (Lipinski definition) is 1. The molecule has 0 spiro atoms. The smallest absolute Gasteiger partial charge is 0.0495 e. The highest BCUT2D eigenvalue weighted by Crippen LogP contribution is 2.54. The molecule has 0 aromatic carbocycles. The topological polar surface area (TPSA) is 17.1 Å². The zero-order chi connectivity index (χ0) is 22.2. The Morgan fingerprint density at radius 2 is 1.13 bits per heavy atom. The maximum atomic E-state index is 15.1. The molecule has 0 heterocycles. The maximum Gasteiger partial charge on any atom is 0.0495 e. The minimum absolute atomic E-state index is 0.0816. The molecule has 0 saturated heterocycles. The highest BCUT2D eigenvalue weighted by molar-refractivity contribution is 7.88. The largest absolute Gasteiger partial charge is 0.258 e. The fourth-order valence-corrected chi connectivity index (χ4v) is 10.8. The van der Waals surface area contributed by atoms with E-state index in [9.17, 15) is 0 Å². The Morgan fingerprint density at radius 1 is 0.733 bits per heavy atom. The Labute approximate surface area is 192 Å². The van der Waals surface area contributed by atoms with E-state index in [1.807, 2.05) is 0 Å². The molecule has 2 aliphatic carbocycles. The molecule has 1 nitrogen and oxygen atoms in total. The fourth-order valence-electron chi connectivity index (χ4n) is 7.24. The van der Waals surface area contributed by atoms with Crippen LogP contribution in [-0.2, 0) is 10.8 Å². The highest BCUT2D eigenvalue weighted by Gasteiger charge is 2.56. The van der Waals surface area contributed by atoms with Gasteiger partial charge in [-0.1, -0.05) is 92.9 Å². The van der Waals surface area contributed by atoms with Gasteiger partial charge < -0.3 is 0 Å². The van der Waals surface area contributed by atoms with E-state index >= 15 is 4.21 Å². The van der Waals surface area contributed by atoms with Crippen molar-refractivity contribution in [1.29, 1.82) is 0 Å². The predicted octanol–water partition coefficient (Wildman–Crippen LogP) is 9.07. The van der Waals surface area contributed by atoms with Crippen LogP contribution >= 0.6 is 0 Å². The van der Waals surface area contributed by atoms with E-state index in [1.165, 1.54) is 103 Å². The molecule has 0 amide bonds. The summed E-state index contributed by atoms with van der Waals surface area (Å²) in [7, 11) is -0.718. The molecule has 2 saturated carbocycles. The molecule has 0 bridgehead atoms. The van der Waals surface area contributed by atoms with Gasteiger partial charge in [0, 0.05) is 20.3 Å². The van der Waals surface area contributed by atoms with Crippen molar-refractivity contribution in [3.05, 3.63) is 0 Å². The summed E-state index contributed by atoms with van der Waals surface area (Å²) in [5.74, 6) is 2.66. The quantitative estimate of drug-likeness (QED) is 0.297. The van der Waals surface area contributed by atoms with Gasteiger partial charge in [0.2, 0.25) is 0 Å². The first-order valence-electron chi connectivity index (χ1n) is 13.7. The van der Waals surface area contributed by atoms with Crippen LogP contribution in [0.4, 0.5) is 0 Å². The standard InChI is InChI=1S/C28H54OS/c1-7-9-15-25-17-11-13-19-27(25,21-23(3)4)30(29)28(22-24(5)6)20-14-12-18-26(28)16-10-8-2/h23-26H,7-22H2,1-6H3. The van der Waals surface area contributed by atoms with Crippen molar-refractivity contribution in [2.45, 2.75) is 154 Å². The van der Waals surface area contributed by atoms with Crippen LogP contribution < -0.4 is 0 Å². The van der Waals surface area contributed by atoms with E-state index in [1.54, 1.807) is 0 Å². The summed E-state index contributed by atoms with van der Waals surface area (Å²) in [6.45, 7) is 14.2. The molecule has 2 rings (SSSR count). The van der Waals surface area contributed by atoms with Crippen LogP contribution in [-0.4, -0.2) is 13.7 Å². The summed E-state index contributed by atoms with van der Waals surface area (Å²) in [5.41, 5.74) is 0. The molecule has 178 valence electrons. The van der Waals surface area contributed by atoms with Gasteiger partial charge in [-0.2, -0.15) is 0 Å². The van der Waals surface area contributed by atoms with Crippen molar-refractivity contribution >= 4 is 10.8 Å². The van der Waals surface area contributed by atoms with Crippen molar-refractivity contribution in [2.75, 3.05) is 0 Å². The van der Waals surface area contributed by atoms with Crippen LogP contribution in [0.25, 0.3) is 0 Å². The molecule has 2 aliphatic rings. The minimum atomic E-state index is -0.718. The van der Waals surface area contributed by atoms with Gasteiger partial charge in [-0.3, -0.25) is 4.21 Å². The summed E-state index contributed by atoms with van der Waals surface area (Å²) in [5, 5.41) is 0. The summed E-state index contributed by atoms with van der Waals surface area (Å²) in [4.78, 5) is 0. The van der Waals surface area contributed by atoms with Gasteiger partial charge in [-0.05, 0) is 75.0 Å². The van der Waals surface area contributed by atoms with Gasteiger partial charge in [0.15, 0.2) is 0 Å². The Balaban J connectivity index is 2.50. The molecule has 30 heavy (non-hydrogen) atoms. The van der Waals surface area contributed by atoms with Gasteiger partial charge in [-0.25, -0.2) is 0 Å². The summed E-state index contributed by atoms with van der Waals surface area (Å²) >= 11 is 0. The first-order valence-corrected chi connectivity index (χ1v) is 14.9. The van der Waals surface area contributed by atoms with Crippen molar-refractivity contribution in [3.63, 3.8) is 0 Å². The fraction of sp³-hybridized carbons (Fsp3) is 1.00. The third kappa shape index (κ3) is 6.14. The van der Waals surface area contributed by atoms with E-state index in [0.29, 0.717) is 23.7 Å². The van der Waals surface area contributed by atoms with Gasteiger partial charge >= 0.3 is 0 Å². The zero-order valence-electron chi connectivity index (χ0n) is 21.4. The number of hydrogen-bond donors (Lipinski definition) is 0. The van der Waals surface area contributed by atoms with Gasteiger partial charge in [0.1, 0.15) is 0 Å². The SMILES string of the molecule is CCCCC1CCCCC1(CC(C)C)S(=O)C1(CC(C)C)CCCCC1CCCC. The number of unbranched alkanes of at least 4 members (excludes halogenated alkanes) is 2. The van der Waals surface area contributed by atoms with Gasteiger partial charge in [-0.15, -0.1) is 0 Å². The lowest BCUT2D eigenvalue weighted by Gasteiger charge is -2.54. The highest BCUT2D eigenvalue weighted by atomic mass is 32.2. The lowest BCUT2D eigenvalue weighted by molar-refractivity contribution is 0.186. The third-order valence-electron chi connectivity index (χ3n) is 8.35. The van der Waals surface area contributed by atoms with Gasteiger partial charge in [0.05, 0.1) is 0 Å². The molecule has 0 radical (unpaired) electrons. The lowest BCUT2D eigenvalue weighted by atomic mass is 9.71. The molecule has 0 aromatic rings. The Bertz CT molecular complexity index is 469. The average molecular weight is 439 g/mol. The summed E-state index contributed by atoms with van der Waals surface area (Å²) in [6, 6.07) is 0. The van der Waals surface area contributed by atoms with E-state index in [4.69, 9.17) is 0 Å². The first-order chi connectivity index (χ1) is 14.3. The maximum absolute atomic E-state index is 15.1. The molecule has 2 fully saturated rings. The van der Waals surface area contributed by atoms with E-state index in [2.05, 4.69) is 41.5 Å². The van der Waals surface area contributed by atoms with Crippen LogP contribution in [0.1, 0.15) is 144 Å². The molecule has 0 N–H and O–H groups in total.